The molecule has 42 heavy (non-hydrogen) atoms. The first kappa shape index (κ1) is 29.6. The quantitative estimate of drug-likeness (QED) is 0.385. The smallest absolute Gasteiger partial charge is 0.262 e. The van der Waals surface area contributed by atoms with Crippen molar-refractivity contribution in [3.63, 3.8) is 0 Å². The Hall–Kier alpha value is -3.87. The van der Waals surface area contributed by atoms with E-state index in [-0.39, 0.29) is 34.9 Å². The number of allylic oxidation sites excluding steroid dienone is 4. The molecule has 0 fully saturated rings. The summed E-state index contributed by atoms with van der Waals surface area (Å²) in [5, 5.41) is 6.48. The van der Waals surface area contributed by atoms with E-state index in [1.54, 1.807) is 6.07 Å². The zero-order valence-corrected chi connectivity index (χ0v) is 25.8. The molecule has 0 aromatic heterocycles. The molecule has 2 aromatic carbocycles. The average molecular weight is 571 g/mol. The maximum Gasteiger partial charge on any atom is 0.262 e. The highest BCUT2D eigenvalue weighted by Gasteiger charge is 2.46. The molecule has 2 aromatic rings. The molecule has 2 aliphatic carbocycles. The molecule has 0 bridgehead atoms. The molecular formula is C35H42N2O5. The van der Waals surface area contributed by atoms with Crippen LogP contribution in [-0.2, 0) is 14.4 Å². The van der Waals surface area contributed by atoms with E-state index in [0.717, 1.165) is 46.6 Å². The number of rotatable bonds is 7. The van der Waals surface area contributed by atoms with Crippen molar-refractivity contribution in [1.29, 1.82) is 0 Å². The first-order chi connectivity index (χ1) is 19.8. The van der Waals surface area contributed by atoms with E-state index >= 15 is 0 Å². The number of carbonyl (C=O) groups excluding carboxylic acids is 3. The van der Waals surface area contributed by atoms with Gasteiger partial charge in [0.2, 0.25) is 0 Å². The topological polar surface area (TPSA) is 93.7 Å². The van der Waals surface area contributed by atoms with Gasteiger partial charge in [0.15, 0.2) is 29.7 Å². The van der Waals surface area contributed by atoms with Crippen LogP contribution in [-0.4, -0.2) is 30.7 Å². The molecule has 1 amide bonds. The van der Waals surface area contributed by atoms with Crippen molar-refractivity contribution in [2.45, 2.75) is 80.1 Å². The third-order valence-corrected chi connectivity index (χ3v) is 8.35. The molecular weight excluding hydrogens is 528 g/mol. The molecule has 3 aliphatic rings. The van der Waals surface area contributed by atoms with Crippen molar-refractivity contribution in [1.82, 2.24) is 5.32 Å². The van der Waals surface area contributed by atoms with E-state index in [1.165, 1.54) is 0 Å². The van der Waals surface area contributed by atoms with Crippen molar-refractivity contribution in [3.05, 3.63) is 75.6 Å². The van der Waals surface area contributed by atoms with Crippen molar-refractivity contribution in [2.75, 3.05) is 18.5 Å². The summed E-state index contributed by atoms with van der Waals surface area (Å²) < 4.78 is 11.9. The van der Waals surface area contributed by atoms with Crippen molar-refractivity contribution in [2.24, 2.45) is 10.8 Å². The van der Waals surface area contributed by atoms with Crippen molar-refractivity contribution >= 4 is 23.2 Å². The molecule has 1 heterocycles. The molecule has 0 atom stereocenters. The summed E-state index contributed by atoms with van der Waals surface area (Å²) in [5.41, 5.74) is 6.49. The van der Waals surface area contributed by atoms with Crippen LogP contribution in [0.5, 0.6) is 11.5 Å². The lowest BCUT2D eigenvalue weighted by Crippen LogP contribution is -2.42. The first-order valence-electron chi connectivity index (χ1n) is 14.8. The second-order valence-corrected chi connectivity index (χ2v) is 13.5. The number of benzene rings is 2. The lowest BCUT2D eigenvalue weighted by molar-refractivity contribution is -0.119. The number of carbonyl (C=O) groups is 3. The van der Waals surface area contributed by atoms with Crippen LogP contribution in [0.3, 0.4) is 0 Å². The van der Waals surface area contributed by atoms with Gasteiger partial charge >= 0.3 is 0 Å². The first-order valence-corrected chi connectivity index (χ1v) is 14.8. The normalized spacial score (nSPS) is 19.6. The summed E-state index contributed by atoms with van der Waals surface area (Å²) in [6.07, 6.45) is 2.35. The van der Waals surface area contributed by atoms with Gasteiger partial charge in [-0.2, -0.15) is 0 Å². The fourth-order valence-electron chi connectivity index (χ4n) is 6.51. The molecule has 222 valence electrons. The van der Waals surface area contributed by atoms with Gasteiger partial charge in [-0.15, -0.1) is 0 Å². The summed E-state index contributed by atoms with van der Waals surface area (Å²) in [7, 11) is 0. The second kappa shape index (κ2) is 11.1. The van der Waals surface area contributed by atoms with Crippen molar-refractivity contribution < 1.29 is 23.9 Å². The number of ether oxygens (including phenoxy) is 2. The molecule has 0 radical (unpaired) electrons. The van der Waals surface area contributed by atoms with Gasteiger partial charge in [0.25, 0.3) is 5.91 Å². The summed E-state index contributed by atoms with van der Waals surface area (Å²) in [4.78, 5) is 40.1. The molecule has 7 nitrogen and oxygen atoms in total. The Balaban J connectivity index is 1.48. The fraction of sp³-hybridized carbons (Fsp3) is 0.457. The predicted molar refractivity (Wildman–Crippen MR) is 164 cm³/mol. The number of dihydropyridines is 1. The number of ketones is 2. The van der Waals surface area contributed by atoms with Crippen LogP contribution in [0.2, 0.25) is 0 Å². The van der Waals surface area contributed by atoms with Gasteiger partial charge in [-0.25, -0.2) is 0 Å². The van der Waals surface area contributed by atoms with Gasteiger partial charge in [0.1, 0.15) is 0 Å². The number of amides is 1. The highest BCUT2D eigenvalue weighted by atomic mass is 16.5. The SMILES string of the molecule is CCOc1cc(C2C3=C(CC(C)(C)CC3=O)NC3=C2C(=O)CC(C)(C)C3)ccc1OCC(=O)Nc1cc(C)ccc1C. The average Bonchev–Trinajstić information content (AvgIpc) is 2.87. The van der Waals surface area contributed by atoms with E-state index in [9.17, 15) is 14.4 Å². The van der Waals surface area contributed by atoms with E-state index < -0.39 is 5.92 Å². The fourth-order valence-corrected chi connectivity index (χ4v) is 6.51. The maximum absolute atomic E-state index is 13.7. The van der Waals surface area contributed by atoms with E-state index in [2.05, 4.69) is 38.3 Å². The molecule has 0 saturated carbocycles. The van der Waals surface area contributed by atoms with Gasteiger partial charge in [0, 0.05) is 47.0 Å². The summed E-state index contributed by atoms with van der Waals surface area (Å²) in [5.74, 6) is 0.313. The minimum absolute atomic E-state index is 0.0735. The third kappa shape index (κ3) is 6.01. The maximum atomic E-state index is 13.7. The third-order valence-electron chi connectivity index (χ3n) is 8.35. The second-order valence-electron chi connectivity index (χ2n) is 13.5. The van der Waals surface area contributed by atoms with E-state index in [1.807, 2.05) is 51.1 Å². The van der Waals surface area contributed by atoms with Gasteiger partial charge < -0.3 is 20.1 Å². The van der Waals surface area contributed by atoms with Gasteiger partial charge in [-0.1, -0.05) is 45.9 Å². The zero-order valence-electron chi connectivity index (χ0n) is 25.8. The highest BCUT2D eigenvalue weighted by molar-refractivity contribution is 6.06. The van der Waals surface area contributed by atoms with Crippen molar-refractivity contribution in [3.8, 4) is 11.5 Å². The number of hydrogen-bond acceptors (Lipinski definition) is 6. The molecule has 1 aliphatic heterocycles. The van der Waals surface area contributed by atoms with Gasteiger partial charge in [-0.05, 0) is 79.3 Å². The van der Waals surface area contributed by atoms with E-state index in [0.29, 0.717) is 42.1 Å². The molecule has 0 saturated heterocycles. The van der Waals surface area contributed by atoms with Crippen LogP contribution in [0.25, 0.3) is 0 Å². The number of nitrogens with one attached hydrogen (secondary N) is 2. The summed E-state index contributed by atoms with van der Waals surface area (Å²) in [6.45, 7) is 14.5. The minimum atomic E-state index is -0.468. The van der Waals surface area contributed by atoms with Gasteiger partial charge in [-0.3, -0.25) is 14.4 Å². The Kier molecular flexibility index (Phi) is 7.82. The van der Waals surface area contributed by atoms with Crippen LogP contribution in [0.15, 0.2) is 58.9 Å². The molecule has 0 unspecified atom stereocenters. The molecule has 0 spiro atoms. The van der Waals surface area contributed by atoms with Crippen LogP contribution in [0.1, 0.15) is 82.9 Å². The Labute approximate surface area is 248 Å². The zero-order chi connectivity index (χ0) is 30.4. The Bertz CT molecular complexity index is 1480. The monoisotopic (exact) mass is 570 g/mol. The molecule has 2 N–H and O–H groups in total. The van der Waals surface area contributed by atoms with Crippen LogP contribution < -0.4 is 20.1 Å². The Morgan fingerprint density at radius 1 is 0.857 bits per heavy atom. The lowest BCUT2D eigenvalue weighted by Gasteiger charge is -2.44. The predicted octanol–water partition coefficient (Wildman–Crippen LogP) is 6.69. The van der Waals surface area contributed by atoms with Crippen LogP contribution in [0, 0.1) is 24.7 Å². The summed E-state index contributed by atoms with van der Waals surface area (Å²) >= 11 is 0. The highest BCUT2D eigenvalue weighted by Crippen LogP contribution is 2.51. The van der Waals surface area contributed by atoms with E-state index in [4.69, 9.17) is 9.47 Å². The van der Waals surface area contributed by atoms with Crippen LogP contribution >= 0.6 is 0 Å². The molecule has 7 heteroatoms. The number of Topliss-reactive ketones (excluding diaryl/α,β-unsaturated/α-hetero) is 2. The number of anilines is 1. The van der Waals surface area contributed by atoms with Gasteiger partial charge in [0.05, 0.1) is 6.61 Å². The standard InChI is InChI=1S/C35H42N2O5/c1-8-41-29-14-22(11-12-28(29)42-19-30(40)37-23-13-20(2)9-10-21(23)3)31-32-24(15-34(4,5)17-26(32)38)36-25-16-35(6,7)18-27(39)33(25)31/h9-14,31,36H,8,15-19H2,1-7H3,(H,37,40). The van der Waals surface area contributed by atoms with Crippen LogP contribution in [0.4, 0.5) is 5.69 Å². The lowest BCUT2D eigenvalue weighted by atomic mass is 9.64. The minimum Gasteiger partial charge on any atom is -0.490 e. The largest absolute Gasteiger partial charge is 0.490 e. The molecule has 5 rings (SSSR count). The Morgan fingerprint density at radius 2 is 1.48 bits per heavy atom. The Morgan fingerprint density at radius 3 is 2.07 bits per heavy atom. The summed E-state index contributed by atoms with van der Waals surface area (Å²) in [6, 6.07) is 11.4. The number of hydrogen-bond donors (Lipinski definition) is 2. The number of aryl methyl sites for hydroxylation is 2.